The molecule has 0 aromatic rings. The van der Waals surface area contributed by atoms with Gasteiger partial charge in [0.05, 0.1) is 0 Å². The summed E-state index contributed by atoms with van der Waals surface area (Å²) < 4.78 is 18.0. The Morgan fingerprint density at radius 2 is 1.88 bits per heavy atom. The summed E-state index contributed by atoms with van der Waals surface area (Å²) in [7, 11) is 0. The van der Waals surface area contributed by atoms with Crippen molar-refractivity contribution in [3.8, 4) is 0 Å². The van der Waals surface area contributed by atoms with Crippen molar-refractivity contribution in [3.63, 3.8) is 0 Å². The van der Waals surface area contributed by atoms with Gasteiger partial charge in [0.1, 0.15) is 6.10 Å². The number of carbonyl (C=O) groups excluding carboxylic acids is 1. The topological polar surface area (TPSA) is 26.3 Å². The highest BCUT2D eigenvalue weighted by Gasteiger charge is 2.59. The highest BCUT2D eigenvalue weighted by atomic mass is 19.1. The quantitative estimate of drug-likeness (QED) is 0.293. The van der Waals surface area contributed by atoms with Crippen LogP contribution in [0.15, 0.2) is 11.6 Å². The third-order valence-electron chi connectivity index (χ3n) is 10.7. The smallest absolute Gasteiger partial charge is 0.337 e. The van der Waals surface area contributed by atoms with E-state index in [0.29, 0.717) is 5.41 Å². The van der Waals surface area contributed by atoms with E-state index in [0.717, 1.165) is 54.8 Å². The first-order chi connectivity index (χ1) is 15.2. The highest BCUT2D eigenvalue weighted by Crippen LogP contribution is 2.67. The fourth-order valence-electron chi connectivity index (χ4n) is 8.97. The molecule has 8 atom stereocenters. The van der Waals surface area contributed by atoms with E-state index >= 15 is 0 Å². The summed E-state index contributed by atoms with van der Waals surface area (Å²) in [4.78, 5) is 11.5. The Morgan fingerprint density at radius 3 is 2.59 bits per heavy atom. The van der Waals surface area contributed by atoms with Crippen molar-refractivity contribution in [1.82, 2.24) is 0 Å². The molecule has 0 bridgehead atoms. The number of carbonyl (C=O) groups is 1. The number of alkyl halides is 1. The average Bonchev–Trinajstić information content (AvgIpc) is 3.11. The van der Waals surface area contributed by atoms with Crippen molar-refractivity contribution in [2.24, 2.45) is 46.3 Å². The number of allylic oxidation sites excluding steroid dienone is 1. The van der Waals surface area contributed by atoms with E-state index in [1.807, 2.05) is 0 Å². The first-order valence-corrected chi connectivity index (χ1v) is 13.6. The molecule has 3 saturated carbocycles. The van der Waals surface area contributed by atoms with Gasteiger partial charge in [0.2, 0.25) is 0 Å². The normalized spacial score (nSPS) is 42.0. The lowest BCUT2D eigenvalue weighted by Gasteiger charge is -2.58. The molecule has 0 aliphatic heterocycles. The van der Waals surface area contributed by atoms with Gasteiger partial charge in [0.25, 0.3) is 0 Å². The Balaban J connectivity index is 1.45. The van der Waals surface area contributed by atoms with Crippen LogP contribution < -0.4 is 0 Å². The van der Waals surface area contributed by atoms with Gasteiger partial charge in [-0.15, -0.1) is 0 Å². The zero-order chi connectivity index (χ0) is 23.1. The predicted molar refractivity (Wildman–Crippen MR) is 129 cm³/mol. The fourth-order valence-corrected chi connectivity index (χ4v) is 8.97. The zero-order valence-electron chi connectivity index (χ0n) is 21.3. The van der Waals surface area contributed by atoms with Crippen LogP contribution in [-0.2, 0) is 9.53 Å². The Morgan fingerprint density at radius 1 is 1.09 bits per heavy atom. The lowest BCUT2D eigenvalue weighted by Crippen LogP contribution is -2.51. The van der Waals surface area contributed by atoms with Crippen LogP contribution >= 0.6 is 0 Å². The molecule has 0 saturated heterocycles. The van der Waals surface area contributed by atoms with Crippen molar-refractivity contribution in [1.29, 1.82) is 0 Å². The highest BCUT2D eigenvalue weighted by molar-refractivity contribution is 5.70. The SMILES string of the molecule is CC(C)CCC[C@@H](C)C1CCC2C3CC=C4CC(OC(=O)CF)CCC4(C)C3CCC21C. The monoisotopic (exact) mass is 446 g/mol. The third kappa shape index (κ3) is 4.31. The summed E-state index contributed by atoms with van der Waals surface area (Å²) in [5, 5.41) is 0. The molecule has 4 aliphatic carbocycles. The lowest BCUT2D eigenvalue weighted by molar-refractivity contribution is -0.152. The van der Waals surface area contributed by atoms with Gasteiger partial charge in [0, 0.05) is 6.42 Å². The van der Waals surface area contributed by atoms with E-state index in [9.17, 15) is 9.18 Å². The molecule has 0 heterocycles. The predicted octanol–water partition coefficient (Wildman–Crippen LogP) is 7.91. The first-order valence-electron chi connectivity index (χ1n) is 13.6. The van der Waals surface area contributed by atoms with Gasteiger partial charge in [-0.1, -0.05) is 65.5 Å². The molecule has 4 rings (SSSR count). The Labute approximate surface area is 196 Å². The van der Waals surface area contributed by atoms with Gasteiger partial charge < -0.3 is 4.74 Å². The molecule has 2 nitrogen and oxygen atoms in total. The number of hydrogen-bond acceptors (Lipinski definition) is 2. The minimum absolute atomic E-state index is 0.120. The van der Waals surface area contributed by atoms with Crippen molar-refractivity contribution in [3.05, 3.63) is 11.6 Å². The maximum atomic E-state index is 12.6. The second-order valence-electron chi connectivity index (χ2n) is 12.8. The maximum absolute atomic E-state index is 12.6. The van der Waals surface area contributed by atoms with Crippen LogP contribution in [0.3, 0.4) is 0 Å². The molecular formula is C29H47FO2. The maximum Gasteiger partial charge on any atom is 0.337 e. The van der Waals surface area contributed by atoms with E-state index in [1.54, 1.807) is 0 Å². The van der Waals surface area contributed by atoms with Gasteiger partial charge in [-0.05, 0) is 91.3 Å². The summed E-state index contributed by atoms with van der Waals surface area (Å²) in [5.74, 6) is 4.34. The molecule has 0 aromatic heterocycles. The zero-order valence-corrected chi connectivity index (χ0v) is 21.3. The van der Waals surface area contributed by atoms with Gasteiger partial charge in [-0.25, -0.2) is 9.18 Å². The second kappa shape index (κ2) is 9.41. The molecule has 0 radical (unpaired) electrons. The van der Waals surface area contributed by atoms with Crippen molar-refractivity contribution in [2.45, 2.75) is 111 Å². The molecule has 3 fully saturated rings. The largest absolute Gasteiger partial charge is 0.460 e. The summed E-state index contributed by atoms with van der Waals surface area (Å²) in [6.07, 6.45) is 16.2. The summed E-state index contributed by atoms with van der Waals surface area (Å²) in [5.41, 5.74) is 2.28. The van der Waals surface area contributed by atoms with Gasteiger partial charge in [-0.2, -0.15) is 0 Å². The van der Waals surface area contributed by atoms with Crippen LogP contribution in [0, 0.1) is 46.3 Å². The molecule has 182 valence electrons. The molecule has 0 spiro atoms. The second-order valence-corrected chi connectivity index (χ2v) is 12.8. The summed E-state index contributed by atoms with van der Waals surface area (Å²) in [6.45, 7) is 11.4. The van der Waals surface area contributed by atoms with Crippen LogP contribution in [0.2, 0.25) is 0 Å². The average molecular weight is 447 g/mol. The van der Waals surface area contributed by atoms with Crippen molar-refractivity contribution >= 4 is 5.97 Å². The lowest BCUT2D eigenvalue weighted by atomic mass is 9.47. The molecule has 0 amide bonds. The van der Waals surface area contributed by atoms with Crippen LogP contribution in [0.25, 0.3) is 0 Å². The van der Waals surface area contributed by atoms with Crippen LogP contribution in [0.1, 0.15) is 105 Å². The van der Waals surface area contributed by atoms with Crippen molar-refractivity contribution < 1.29 is 13.9 Å². The van der Waals surface area contributed by atoms with Gasteiger partial charge >= 0.3 is 5.97 Å². The number of hydrogen-bond donors (Lipinski definition) is 0. The minimum atomic E-state index is -1.01. The van der Waals surface area contributed by atoms with Crippen LogP contribution in [0.4, 0.5) is 4.39 Å². The van der Waals surface area contributed by atoms with Gasteiger partial charge in [-0.3, -0.25) is 0 Å². The van der Waals surface area contributed by atoms with E-state index < -0.39 is 12.6 Å². The Bertz CT molecular complexity index is 714. The molecular weight excluding hydrogens is 399 g/mol. The Kier molecular flexibility index (Phi) is 7.14. The number of halogens is 1. The van der Waals surface area contributed by atoms with E-state index in [4.69, 9.17) is 4.74 Å². The fraction of sp³-hybridized carbons (Fsp3) is 0.897. The number of esters is 1. The summed E-state index contributed by atoms with van der Waals surface area (Å²) in [6, 6.07) is 0. The third-order valence-corrected chi connectivity index (χ3v) is 10.7. The minimum Gasteiger partial charge on any atom is -0.460 e. The molecule has 32 heavy (non-hydrogen) atoms. The first kappa shape index (κ1) is 24.3. The number of fused-ring (bicyclic) bond motifs is 5. The van der Waals surface area contributed by atoms with E-state index in [-0.39, 0.29) is 11.5 Å². The van der Waals surface area contributed by atoms with Crippen LogP contribution in [-0.4, -0.2) is 18.7 Å². The van der Waals surface area contributed by atoms with E-state index in [1.165, 1.54) is 56.9 Å². The summed E-state index contributed by atoms with van der Waals surface area (Å²) >= 11 is 0. The molecule has 7 unspecified atom stereocenters. The Hall–Kier alpha value is -0.860. The van der Waals surface area contributed by atoms with Gasteiger partial charge in [0.15, 0.2) is 6.67 Å². The molecule has 0 N–H and O–H groups in total. The van der Waals surface area contributed by atoms with E-state index in [2.05, 4.69) is 40.7 Å². The van der Waals surface area contributed by atoms with Crippen molar-refractivity contribution in [2.75, 3.05) is 6.67 Å². The molecule has 3 heteroatoms. The van der Waals surface area contributed by atoms with Crippen LogP contribution in [0.5, 0.6) is 0 Å². The molecule has 0 aromatic carbocycles. The molecule has 4 aliphatic rings. The standard InChI is InChI=1S/C29H47FO2/c1-19(2)7-6-8-20(3)24-11-12-25-23-10-9-21-17-22(32-27(31)18-30)13-15-28(21,4)26(23)14-16-29(24,25)5/h9,19-20,22-26H,6-8,10-18H2,1-5H3/t20-,22?,23?,24?,25?,26?,28?,29?/m1/s1. The number of rotatable bonds is 7. The number of ether oxygens (including phenoxy) is 1.